The molecule has 182 valence electrons. The van der Waals surface area contributed by atoms with Crippen molar-refractivity contribution >= 4 is 11.6 Å². The van der Waals surface area contributed by atoms with Crippen molar-refractivity contribution in [3.63, 3.8) is 0 Å². The summed E-state index contributed by atoms with van der Waals surface area (Å²) in [5.74, 6) is -0.0399. The molecular formula is C32H33N3O. The molecule has 36 heavy (non-hydrogen) atoms. The summed E-state index contributed by atoms with van der Waals surface area (Å²) in [5.41, 5.74) is 8.14. The summed E-state index contributed by atoms with van der Waals surface area (Å²) in [5, 5.41) is 3.22. The van der Waals surface area contributed by atoms with Gasteiger partial charge in [-0.05, 0) is 58.5 Å². The number of carbonyl (C=O) groups excluding carboxylic acids is 1. The highest BCUT2D eigenvalue weighted by molar-refractivity contribution is 5.94. The number of nitrogens with one attached hydrogen (secondary N) is 1. The maximum Gasteiger partial charge on any atom is 0.251 e. The van der Waals surface area contributed by atoms with E-state index in [1.807, 2.05) is 42.5 Å². The minimum atomic E-state index is -0.0399. The Hall–Kier alpha value is -3.89. The van der Waals surface area contributed by atoms with Crippen molar-refractivity contribution in [1.29, 1.82) is 0 Å². The highest BCUT2D eigenvalue weighted by atomic mass is 16.1. The molecule has 4 aromatic carbocycles. The molecule has 0 fully saturated rings. The first-order valence-electron chi connectivity index (χ1n) is 12.6. The van der Waals surface area contributed by atoms with Crippen LogP contribution in [-0.4, -0.2) is 38.0 Å². The first kappa shape index (κ1) is 23.8. The van der Waals surface area contributed by atoms with Crippen LogP contribution in [0.5, 0.6) is 0 Å². The Labute approximate surface area is 214 Å². The smallest absolute Gasteiger partial charge is 0.251 e. The number of anilines is 1. The summed E-state index contributed by atoms with van der Waals surface area (Å²) < 4.78 is 0. The van der Waals surface area contributed by atoms with Gasteiger partial charge in [0, 0.05) is 45.0 Å². The summed E-state index contributed by atoms with van der Waals surface area (Å²) in [7, 11) is 4.11. The molecule has 1 unspecified atom stereocenters. The molecule has 0 spiro atoms. The van der Waals surface area contributed by atoms with E-state index in [1.54, 1.807) is 0 Å². The number of fused-ring (bicyclic) bond motifs is 1. The lowest BCUT2D eigenvalue weighted by Gasteiger charge is -2.36. The largest absolute Gasteiger partial charge is 0.378 e. The average molecular weight is 476 g/mol. The Morgan fingerprint density at radius 1 is 0.806 bits per heavy atom. The van der Waals surface area contributed by atoms with Gasteiger partial charge in [0.15, 0.2) is 0 Å². The monoisotopic (exact) mass is 475 g/mol. The Bertz CT molecular complexity index is 1300. The summed E-state index contributed by atoms with van der Waals surface area (Å²) in [6.45, 7) is 2.42. The van der Waals surface area contributed by atoms with E-state index in [-0.39, 0.29) is 11.9 Å². The van der Waals surface area contributed by atoms with Crippen LogP contribution in [0, 0.1) is 0 Å². The molecule has 1 aliphatic heterocycles. The zero-order chi connectivity index (χ0) is 24.9. The van der Waals surface area contributed by atoms with Crippen LogP contribution in [-0.2, 0) is 13.0 Å². The molecule has 0 aliphatic carbocycles. The second-order valence-electron chi connectivity index (χ2n) is 9.64. The summed E-state index contributed by atoms with van der Waals surface area (Å²) in [6.07, 6.45) is 1.03. The average Bonchev–Trinajstić information content (AvgIpc) is 2.94. The van der Waals surface area contributed by atoms with Crippen LogP contribution in [0.1, 0.15) is 33.1 Å². The molecule has 0 saturated heterocycles. The van der Waals surface area contributed by atoms with E-state index in [0.717, 1.165) is 30.6 Å². The molecule has 4 heteroatoms. The van der Waals surface area contributed by atoms with Crippen LogP contribution in [0.25, 0.3) is 11.1 Å². The summed E-state index contributed by atoms with van der Waals surface area (Å²) in [6, 6.07) is 35.6. The predicted molar refractivity (Wildman–Crippen MR) is 148 cm³/mol. The van der Waals surface area contributed by atoms with E-state index in [0.29, 0.717) is 12.1 Å². The fourth-order valence-electron chi connectivity index (χ4n) is 4.97. The molecule has 4 aromatic rings. The lowest BCUT2D eigenvalue weighted by Crippen LogP contribution is -2.40. The van der Waals surface area contributed by atoms with Gasteiger partial charge in [0.2, 0.25) is 0 Å². The number of nitrogens with zero attached hydrogens (tertiary/aromatic N) is 2. The fraction of sp³-hybridized carbons (Fsp3) is 0.219. The summed E-state index contributed by atoms with van der Waals surface area (Å²) >= 11 is 0. The van der Waals surface area contributed by atoms with Crippen LogP contribution >= 0.6 is 0 Å². The predicted octanol–water partition coefficient (Wildman–Crippen LogP) is 5.95. The van der Waals surface area contributed by atoms with E-state index in [9.17, 15) is 4.79 Å². The molecule has 1 amide bonds. The van der Waals surface area contributed by atoms with Crippen LogP contribution in [0.4, 0.5) is 5.69 Å². The number of hydrogen-bond acceptors (Lipinski definition) is 3. The first-order valence-corrected chi connectivity index (χ1v) is 12.6. The Morgan fingerprint density at radius 2 is 1.44 bits per heavy atom. The van der Waals surface area contributed by atoms with Crippen molar-refractivity contribution in [3.8, 4) is 11.1 Å². The van der Waals surface area contributed by atoms with Gasteiger partial charge < -0.3 is 10.2 Å². The third kappa shape index (κ3) is 5.34. The number of rotatable bonds is 7. The fourth-order valence-corrected chi connectivity index (χ4v) is 4.97. The minimum absolute atomic E-state index is 0.0399. The molecule has 1 N–H and O–H groups in total. The van der Waals surface area contributed by atoms with E-state index >= 15 is 0 Å². The van der Waals surface area contributed by atoms with Crippen LogP contribution in [0.3, 0.4) is 0 Å². The van der Waals surface area contributed by atoms with Crippen molar-refractivity contribution in [2.45, 2.75) is 19.0 Å². The number of benzene rings is 4. The third-order valence-electron chi connectivity index (χ3n) is 7.11. The van der Waals surface area contributed by atoms with Crippen molar-refractivity contribution < 1.29 is 4.79 Å². The number of amides is 1. The Morgan fingerprint density at radius 3 is 2.14 bits per heavy atom. The van der Waals surface area contributed by atoms with Crippen LogP contribution in [0.2, 0.25) is 0 Å². The van der Waals surface area contributed by atoms with Crippen molar-refractivity contribution in [2.24, 2.45) is 0 Å². The first-order chi connectivity index (χ1) is 17.6. The van der Waals surface area contributed by atoms with Gasteiger partial charge in [-0.15, -0.1) is 0 Å². The van der Waals surface area contributed by atoms with Gasteiger partial charge in [-0.1, -0.05) is 78.9 Å². The molecule has 0 bridgehead atoms. The molecule has 4 nitrogen and oxygen atoms in total. The van der Waals surface area contributed by atoms with Gasteiger partial charge in [0.25, 0.3) is 5.91 Å². The van der Waals surface area contributed by atoms with Gasteiger partial charge in [-0.2, -0.15) is 0 Å². The van der Waals surface area contributed by atoms with E-state index < -0.39 is 0 Å². The van der Waals surface area contributed by atoms with E-state index in [4.69, 9.17) is 0 Å². The van der Waals surface area contributed by atoms with Gasteiger partial charge >= 0.3 is 0 Å². The minimum Gasteiger partial charge on any atom is -0.378 e. The zero-order valence-electron chi connectivity index (χ0n) is 21.0. The van der Waals surface area contributed by atoms with Crippen LogP contribution < -0.4 is 10.2 Å². The van der Waals surface area contributed by atoms with Crippen molar-refractivity contribution in [2.75, 3.05) is 32.1 Å². The highest BCUT2D eigenvalue weighted by Crippen LogP contribution is 2.29. The molecule has 1 heterocycles. The molecule has 1 aliphatic rings. The number of hydrogen-bond donors (Lipinski definition) is 1. The van der Waals surface area contributed by atoms with Crippen molar-refractivity contribution in [1.82, 2.24) is 10.2 Å². The molecule has 0 saturated carbocycles. The lowest BCUT2D eigenvalue weighted by atomic mass is 9.96. The maximum absolute atomic E-state index is 13.1. The van der Waals surface area contributed by atoms with E-state index in [2.05, 4.69) is 89.9 Å². The van der Waals surface area contributed by atoms with Gasteiger partial charge in [-0.25, -0.2) is 0 Å². The molecule has 0 aromatic heterocycles. The Kier molecular flexibility index (Phi) is 7.15. The quantitative estimate of drug-likeness (QED) is 0.359. The van der Waals surface area contributed by atoms with Gasteiger partial charge in [0.1, 0.15) is 0 Å². The zero-order valence-corrected chi connectivity index (χ0v) is 21.0. The van der Waals surface area contributed by atoms with E-state index in [1.165, 1.54) is 22.4 Å². The van der Waals surface area contributed by atoms with Gasteiger partial charge in [-0.3, -0.25) is 9.69 Å². The topological polar surface area (TPSA) is 35.6 Å². The Balaban J connectivity index is 1.33. The highest BCUT2D eigenvalue weighted by Gasteiger charge is 2.25. The third-order valence-corrected chi connectivity index (χ3v) is 7.11. The lowest BCUT2D eigenvalue weighted by molar-refractivity contribution is 0.0928. The maximum atomic E-state index is 13.1. The second-order valence-corrected chi connectivity index (χ2v) is 9.64. The summed E-state index contributed by atoms with van der Waals surface area (Å²) in [4.78, 5) is 17.7. The van der Waals surface area contributed by atoms with Gasteiger partial charge in [0.05, 0.1) is 6.04 Å². The SMILES string of the molecule is CN(C)c1ccc(C(CNC(=O)c2ccc(-c3ccccc3)cc2)N2CCc3ccccc3C2)cc1. The van der Waals surface area contributed by atoms with Crippen LogP contribution in [0.15, 0.2) is 103 Å². The van der Waals surface area contributed by atoms with Crippen molar-refractivity contribution in [3.05, 3.63) is 125 Å². The molecular weight excluding hydrogens is 442 g/mol. The molecule has 1 atom stereocenters. The standard InChI is InChI=1S/C32H33N3O/c1-34(2)30-18-16-27(17-19-30)31(35-21-20-25-10-6-7-11-29(25)23-35)22-33-32(36)28-14-12-26(13-15-28)24-8-4-3-5-9-24/h3-19,31H,20-23H2,1-2H3,(H,33,36). The second kappa shape index (κ2) is 10.8. The molecule has 5 rings (SSSR count). The normalized spacial score (nSPS) is 14.1. The molecule has 0 radical (unpaired) electrons. The number of carbonyl (C=O) groups is 1.